The summed E-state index contributed by atoms with van der Waals surface area (Å²) in [5.74, 6) is -0.172. The molecule has 114 valence electrons. The minimum atomic E-state index is -0.172. The van der Waals surface area contributed by atoms with Crippen molar-refractivity contribution in [2.45, 2.75) is 38.0 Å². The molecule has 0 aromatic heterocycles. The van der Waals surface area contributed by atoms with Crippen LogP contribution in [0.4, 0.5) is 5.69 Å². The van der Waals surface area contributed by atoms with E-state index in [-0.39, 0.29) is 16.8 Å². The van der Waals surface area contributed by atoms with Gasteiger partial charge in [-0.15, -0.1) is 0 Å². The number of methoxy groups -OCH3 is 1. The molecule has 1 fully saturated rings. The van der Waals surface area contributed by atoms with E-state index in [4.69, 9.17) is 9.73 Å². The summed E-state index contributed by atoms with van der Waals surface area (Å²) in [4.78, 5) is 18.8. The van der Waals surface area contributed by atoms with Gasteiger partial charge in [-0.25, -0.2) is 4.99 Å². The van der Waals surface area contributed by atoms with Crippen molar-refractivity contribution in [2.75, 3.05) is 13.7 Å². The van der Waals surface area contributed by atoms with Crippen molar-refractivity contribution in [3.63, 3.8) is 0 Å². The Morgan fingerprint density at radius 1 is 1.33 bits per heavy atom. The van der Waals surface area contributed by atoms with Gasteiger partial charge in [0, 0.05) is 12.1 Å². The van der Waals surface area contributed by atoms with Crippen LogP contribution in [0.1, 0.15) is 27.2 Å². The SMILES string of the molecule is COC(=O)C1CCN(C(C)(C)C)C(=Nc2ccccc2)S1. The van der Waals surface area contributed by atoms with E-state index < -0.39 is 0 Å². The van der Waals surface area contributed by atoms with Gasteiger partial charge >= 0.3 is 5.97 Å². The monoisotopic (exact) mass is 306 g/mol. The van der Waals surface area contributed by atoms with Gasteiger partial charge in [-0.3, -0.25) is 4.79 Å². The van der Waals surface area contributed by atoms with Crippen LogP contribution in [0.15, 0.2) is 35.3 Å². The lowest BCUT2D eigenvalue weighted by atomic mass is 10.1. The highest BCUT2D eigenvalue weighted by atomic mass is 32.2. The van der Waals surface area contributed by atoms with Gasteiger partial charge in [0.1, 0.15) is 5.25 Å². The Labute approximate surface area is 130 Å². The molecule has 1 unspecified atom stereocenters. The summed E-state index contributed by atoms with van der Waals surface area (Å²) in [6, 6.07) is 9.83. The summed E-state index contributed by atoms with van der Waals surface area (Å²) >= 11 is 1.50. The third-order valence-corrected chi connectivity index (χ3v) is 4.58. The number of hydrogen-bond donors (Lipinski definition) is 0. The van der Waals surface area contributed by atoms with E-state index in [0.29, 0.717) is 0 Å². The van der Waals surface area contributed by atoms with Crippen molar-refractivity contribution in [1.82, 2.24) is 4.90 Å². The standard InChI is InChI=1S/C16H22N2O2S/c1-16(2,3)18-11-10-13(14(19)20-4)21-15(18)17-12-8-6-5-7-9-12/h5-9,13H,10-11H2,1-4H3. The second-order valence-corrected chi connectivity index (χ2v) is 7.14. The molecule has 0 bridgehead atoms. The highest BCUT2D eigenvalue weighted by Gasteiger charge is 2.35. The van der Waals surface area contributed by atoms with Crippen LogP contribution in [0.3, 0.4) is 0 Å². The molecule has 5 heteroatoms. The lowest BCUT2D eigenvalue weighted by molar-refractivity contribution is -0.140. The number of hydrogen-bond acceptors (Lipinski definition) is 4. The molecule has 4 nitrogen and oxygen atoms in total. The molecule has 2 rings (SSSR count). The minimum Gasteiger partial charge on any atom is -0.468 e. The molecular formula is C16H22N2O2S. The Bertz CT molecular complexity index is 523. The van der Waals surface area contributed by atoms with E-state index in [0.717, 1.165) is 23.8 Å². The van der Waals surface area contributed by atoms with Gasteiger partial charge in [0.2, 0.25) is 0 Å². The number of carbonyl (C=O) groups excluding carboxylic acids is 1. The van der Waals surface area contributed by atoms with Crippen molar-refractivity contribution in [1.29, 1.82) is 0 Å². The third kappa shape index (κ3) is 4.00. The van der Waals surface area contributed by atoms with Crippen LogP contribution in [0, 0.1) is 0 Å². The molecule has 1 aliphatic heterocycles. The number of benzene rings is 1. The molecule has 0 radical (unpaired) electrons. The van der Waals surface area contributed by atoms with Crippen molar-refractivity contribution in [3.05, 3.63) is 30.3 Å². The smallest absolute Gasteiger partial charge is 0.319 e. The minimum absolute atomic E-state index is 0.0261. The number of para-hydroxylation sites is 1. The Balaban J connectivity index is 2.29. The number of aliphatic imine (C=N–C) groups is 1. The van der Waals surface area contributed by atoms with Crippen LogP contribution in [-0.2, 0) is 9.53 Å². The molecule has 0 spiro atoms. The molecule has 0 N–H and O–H groups in total. The summed E-state index contributed by atoms with van der Waals surface area (Å²) < 4.78 is 4.88. The first-order valence-corrected chi connectivity index (χ1v) is 7.95. The second kappa shape index (κ2) is 6.52. The molecule has 1 aromatic carbocycles. The zero-order valence-electron chi connectivity index (χ0n) is 13.0. The summed E-state index contributed by atoms with van der Waals surface area (Å²) in [6.07, 6.45) is 0.780. The average Bonchev–Trinajstić information content (AvgIpc) is 2.46. The molecule has 0 amide bonds. The predicted octanol–water partition coefficient (Wildman–Crippen LogP) is 3.45. The van der Waals surface area contributed by atoms with Crippen LogP contribution in [-0.4, -0.2) is 40.5 Å². The Hall–Kier alpha value is -1.49. The number of carbonyl (C=O) groups is 1. The van der Waals surface area contributed by atoms with Gasteiger partial charge in [-0.2, -0.15) is 0 Å². The van der Waals surface area contributed by atoms with Crippen LogP contribution >= 0.6 is 11.8 Å². The van der Waals surface area contributed by atoms with Crippen LogP contribution in [0.2, 0.25) is 0 Å². The fourth-order valence-electron chi connectivity index (χ4n) is 2.21. The number of rotatable bonds is 2. The van der Waals surface area contributed by atoms with Crippen LogP contribution in [0.5, 0.6) is 0 Å². The fourth-order valence-corrected chi connectivity index (χ4v) is 3.53. The highest BCUT2D eigenvalue weighted by molar-refractivity contribution is 8.14. The van der Waals surface area contributed by atoms with Crippen molar-refractivity contribution >= 4 is 28.6 Å². The van der Waals surface area contributed by atoms with E-state index in [1.165, 1.54) is 18.9 Å². The van der Waals surface area contributed by atoms with Gasteiger partial charge in [-0.1, -0.05) is 30.0 Å². The van der Waals surface area contributed by atoms with Crippen LogP contribution in [0.25, 0.3) is 0 Å². The molecule has 1 aromatic rings. The Morgan fingerprint density at radius 3 is 2.57 bits per heavy atom. The van der Waals surface area contributed by atoms with Gasteiger partial charge in [0.15, 0.2) is 5.17 Å². The number of nitrogens with zero attached hydrogens (tertiary/aromatic N) is 2. The van der Waals surface area contributed by atoms with Crippen LogP contribution < -0.4 is 0 Å². The summed E-state index contributed by atoms with van der Waals surface area (Å²) in [7, 11) is 1.44. The van der Waals surface area contributed by atoms with Crippen molar-refractivity contribution in [3.8, 4) is 0 Å². The highest BCUT2D eigenvalue weighted by Crippen LogP contribution is 2.32. The largest absolute Gasteiger partial charge is 0.468 e. The molecule has 1 aliphatic rings. The van der Waals surface area contributed by atoms with Crippen molar-refractivity contribution in [2.24, 2.45) is 4.99 Å². The van der Waals surface area contributed by atoms with E-state index >= 15 is 0 Å². The maximum Gasteiger partial charge on any atom is 0.319 e. The van der Waals surface area contributed by atoms with Gasteiger partial charge < -0.3 is 9.64 Å². The van der Waals surface area contributed by atoms with E-state index in [1.807, 2.05) is 30.3 Å². The number of amidine groups is 1. The van der Waals surface area contributed by atoms with Gasteiger partial charge in [-0.05, 0) is 39.3 Å². The molecule has 1 saturated heterocycles. The zero-order valence-corrected chi connectivity index (χ0v) is 13.8. The predicted molar refractivity (Wildman–Crippen MR) is 88.0 cm³/mol. The Kier molecular flexibility index (Phi) is 4.93. The van der Waals surface area contributed by atoms with E-state index in [1.54, 1.807) is 0 Å². The maximum atomic E-state index is 11.8. The molecule has 0 saturated carbocycles. The van der Waals surface area contributed by atoms with E-state index in [9.17, 15) is 4.79 Å². The van der Waals surface area contributed by atoms with Gasteiger partial charge in [0.25, 0.3) is 0 Å². The first kappa shape index (κ1) is 15.9. The average molecular weight is 306 g/mol. The first-order valence-electron chi connectivity index (χ1n) is 7.07. The lowest BCUT2D eigenvalue weighted by Crippen LogP contribution is -2.49. The molecule has 0 aliphatic carbocycles. The third-order valence-electron chi connectivity index (χ3n) is 3.35. The number of thioether (sulfide) groups is 1. The number of ether oxygens (including phenoxy) is 1. The molecule has 21 heavy (non-hydrogen) atoms. The molecule has 1 heterocycles. The molecule has 1 atom stereocenters. The second-order valence-electron chi connectivity index (χ2n) is 5.97. The van der Waals surface area contributed by atoms with Crippen molar-refractivity contribution < 1.29 is 9.53 Å². The molecular weight excluding hydrogens is 284 g/mol. The lowest BCUT2D eigenvalue weighted by Gasteiger charge is -2.42. The maximum absolute atomic E-state index is 11.8. The van der Waals surface area contributed by atoms with Gasteiger partial charge in [0.05, 0.1) is 12.8 Å². The fraction of sp³-hybridized carbons (Fsp3) is 0.500. The first-order chi connectivity index (χ1) is 9.91. The topological polar surface area (TPSA) is 41.9 Å². The van der Waals surface area contributed by atoms with E-state index in [2.05, 4.69) is 25.7 Å². The summed E-state index contributed by atoms with van der Waals surface area (Å²) in [5.41, 5.74) is 0.876. The quantitative estimate of drug-likeness (QED) is 0.785. The summed E-state index contributed by atoms with van der Waals surface area (Å²) in [5, 5.41) is 0.714. The summed E-state index contributed by atoms with van der Waals surface area (Å²) in [6.45, 7) is 7.29. The number of esters is 1. The Morgan fingerprint density at radius 2 is 2.00 bits per heavy atom. The zero-order chi connectivity index (χ0) is 15.5. The normalized spacial score (nSPS) is 21.4.